The van der Waals surface area contributed by atoms with Gasteiger partial charge in [-0.15, -0.1) is 0 Å². The highest BCUT2D eigenvalue weighted by Gasteiger charge is 2.31. The minimum Gasteiger partial charge on any atom is -0.496 e. The van der Waals surface area contributed by atoms with Gasteiger partial charge in [-0.05, 0) is 37.5 Å². The summed E-state index contributed by atoms with van der Waals surface area (Å²) >= 11 is 0. The van der Waals surface area contributed by atoms with Gasteiger partial charge in [-0.1, -0.05) is 0 Å². The van der Waals surface area contributed by atoms with Crippen LogP contribution in [0.1, 0.15) is 29.6 Å². The molecule has 0 unspecified atom stereocenters. The van der Waals surface area contributed by atoms with Gasteiger partial charge in [0.25, 0.3) is 5.91 Å². The summed E-state index contributed by atoms with van der Waals surface area (Å²) in [7, 11) is 1.40. The van der Waals surface area contributed by atoms with Crippen LogP contribution in [0.4, 0.5) is 4.39 Å². The average Bonchev–Trinajstić information content (AvgIpc) is 2.87. The Balaban J connectivity index is 2.06. The molecule has 6 heteroatoms. The van der Waals surface area contributed by atoms with Gasteiger partial charge in [-0.3, -0.25) is 9.59 Å². The molecule has 1 aromatic rings. The lowest BCUT2D eigenvalue weighted by Crippen LogP contribution is -2.33. The smallest absolute Gasteiger partial charge is 0.306 e. The van der Waals surface area contributed by atoms with Crippen LogP contribution in [0.5, 0.6) is 5.75 Å². The van der Waals surface area contributed by atoms with E-state index in [0.29, 0.717) is 19.3 Å². The van der Waals surface area contributed by atoms with E-state index in [9.17, 15) is 14.0 Å². The second kappa shape index (κ2) is 5.90. The van der Waals surface area contributed by atoms with E-state index in [4.69, 9.17) is 9.84 Å². The summed E-state index contributed by atoms with van der Waals surface area (Å²) in [6.07, 6.45) is 1.56. The number of rotatable bonds is 4. The lowest BCUT2D eigenvalue weighted by Gasteiger charge is -2.14. The van der Waals surface area contributed by atoms with Crippen LogP contribution in [0.25, 0.3) is 0 Å². The predicted octanol–water partition coefficient (Wildman–Crippen LogP) is 1.82. The normalized spacial score (nSPS) is 21.5. The number of carbonyl (C=O) groups is 2. The first-order chi connectivity index (χ1) is 9.51. The summed E-state index contributed by atoms with van der Waals surface area (Å²) in [6, 6.07) is 3.51. The Hall–Kier alpha value is -2.11. The van der Waals surface area contributed by atoms with Gasteiger partial charge >= 0.3 is 5.97 Å². The Morgan fingerprint density at radius 2 is 2.15 bits per heavy atom. The van der Waals surface area contributed by atoms with Crippen LogP contribution in [0.3, 0.4) is 0 Å². The van der Waals surface area contributed by atoms with Crippen molar-refractivity contribution in [1.29, 1.82) is 0 Å². The van der Waals surface area contributed by atoms with E-state index in [-0.39, 0.29) is 17.4 Å². The van der Waals surface area contributed by atoms with Crippen molar-refractivity contribution in [1.82, 2.24) is 5.32 Å². The Morgan fingerprint density at radius 3 is 2.75 bits per heavy atom. The molecule has 0 saturated heterocycles. The quantitative estimate of drug-likeness (QED) is 0.882. The van der Waals surface area contributed by atoms with Gasteiger partial charge in [-0.25, -0.2) is 4.39 Å². The maximum Gasteiger partial charge on any atom is 0.306 e. The molecule has 1 saturated carbocycles. The number of methoxy groups -OCH3 is 1. The van der Waals surface area contributed by atoms with E-state index in [2.05, 4.69) is 5.32 Å². The number of carbonyl (C=O) groups excluding carboxylic acids is 1. The third-order valence-corrected chi connectivity index (χ3v) is 3.52. The highest BCUT2D eigenvalue weighted by molar-refractivity contribution is 5.97. The zero-order valence-corrected chi connectivity index (χ0v) is 11.1. The van der Waals surface area contributed by atoms with Crippen LogP contribution >= 0.6 is 0 Å². The Kier molecular flexibility index (Phi) is 4.22. The highest BCUT2D eigenvalue weighted by atomic mass is 19.1. The first-order valence-corrected chi connectivity index (χ1v) is 6.38. The Morgan fingerprint density at radius 1 is 1.40 bits per heavy atom. The van der Waals surface area contributed by atoms with Crippen LogP contribution in [-0.4, -0.2) is 30.1 Å². The standard InChI is InChI=1S/C14H16FNO4/c1-20-12-5-3-9(15)7-11(12)13(17)16-10-4-2-8(6-10)14(18)19/h3,5,7-8,10H,2,4,6H2,1H3,(H,16,17)(H,18,19)/t8-,10+/m0/s1. The summed E-state index contributed by atoms with van der Waals surface area (Å²) in [5.41, 5.74) is 0.117. The van der Waals surface area contributed by atoms with Crippen molar-refractivity contribution in [2.45, 2.75) is 25.3 Å². The fraction of sp³-hybridized carbons (Fsp3) is 0.429. The molecule has 0 aliphatic heterocycles. The maximum atomic E-state index is 13.2. The van der Waals surface area contributed by atoms with Gasteiger partial charge < -0.3 is 15.2 Å². The molecule has 1 aliphatic rings. The molecule has 2 rings (SSSR count). The van der Waals surface area contributed by atoms with Crippen LogP contribution in [0.15, 0.2) is 18.2 Å². The van der Waals surface area contributed by atoms with Crippen molar-refractivity contribution in [3.63, 3.8) is 0 Å². The molecular weight excluding hydrogens is 265 g/mol. The largest absolute Gasteiger partial charge is 0.496 e. The number of halogens is 1. The van der Waals surface area contributed by atoms with E-state index in [0.717, 1.165) is 6.07 Å². The van der Waals surface area contributed by atoms with E-state index >= 15 is 0 Å². The van der Waals surface area contributed by atoms with E-state index in [1.54, 1.807) is 0 Å². The first kappa shape index (κ1) is 14.3. The van der Waals surface area contributed by atoms with Crippen LogP contribution in [-0.2, 0) is 4.79 Å². The van der Waals surface area contributed by atoms with Gasteiger partial charge in [0.05, 0.1) is 18.6 Å². The number of hydrogen-bond donors (Lipinski definition) is 2. The highest BCUT2D eigenvalue weighted by Crippen LogP contribution is 2.26. The lowest BCUT2D eigenvalue weighted by molar-refractivity contribution is -0.141. The summed E-state index contributed by atoms with van der Waals surface area (Å²) < 4.78 is 18.2. The molecule has 1 aromatic carbocycles. The monoisotopic (exact) mass is 281 g/mol. The zero-order chi connectivity index (χ0) is 14.7. The minimum absolute atomic E-state index is 0.117. The van der Waals surface area contributed by atoms with E-state index in [1.807, 2.05) is 0 Å². The summed E-state index contributed by atoms with van der Waals surface area (Å²) in [6.45, 7) is 0. The molecule has 20 heavy (non-hydrogen) atoms. The molecule has 1 amide bonds. The number of aliphatic carboxylic acids is 1. The number of benzene rings is 1. The maximum absolute atomic E-state index is 13.2. The topological polar surface area (TPSA) is 75.6 Å². The van der Waals surface area contributed by atoms with Crippen LogP contribution in [0, 0.1) is 11.7 Å². The first-order valence-electron chi connectivity index (χ1n) is 6.38. The molecule has 1 aliphatic carbocycles. The van der Waals surface area contributed by atoms with Gasteiger partial charge in [0.2, 0.25) is 0 Å². The molecule has 2 N–H and O–H groups in total. The van der Waals surface area contributed by atoms with Crippen molar-refractivity contribution >= 4 is 11.9 Å². The Labute approximate surface area is 115 Å². The van der Waals surface area contributed by atoms with Crippen molar-refractivity contribution in [2.24, 2.45) is 5.92 Å². The molecule has 1 fully saturated rings. The molecule has 0 spiro atoms. The van der Waals surface area contributed by atoms with Crippen LogP contribution in [0.2, 0.25) is 0 Å². The number of carboxylic acids is 1. The van der Waals surface area contributed by atoms with Gasteiger partial charge in [0.15, 0.2) is 0 Å². The second-order valence-electron chi connectivity index (χ2n) is 4.86. The SMILES string of the molecule is COc1ccc(F)cc1C(=O)N[C@@H]1CC[C@H](C(=O)O)C1. The molecule has 5 nitrogen and oxygen atoms in total. The van der Waals surface area contributed by atoms with Gasteiger partial charge in [0, 0.05) is 6.04 Å². The molecule has 0 heterocycles. The molecule has 0 aromatic heterocycles. The third-order valence-electron chi connectivity index (χ3n) is 3.52. The fourth-order valence-corrected chi connectivity index (χ4v) is 2.46. The molecule has 108 valence electrons. The average molecular weight is 281 g/mol. The number of carboxylic acid groups (broad SMARTS) is 1. The zero-order valence-electron chi connectivity index (χ0n) is 11.1. The third kappa shape index (κ3) is 3.07. The second-order valence-corrected chi connectivity index (χ2v) is 4.86. The van der Waals surface area contributed by atoms with Crippen molar-refractivity contribution < 1.29 is 23.8 Å². The van der Waals surface area contributed by atoms with Crippen molar-refractivity contribution in [3.8, 4) is 5.75 Å². The number of hydrogen-bond acceptors (Lipinski definition) is 3. The van der Waals surface area contributed by atoms with Gasteiger partial charge in [-0.2, -0.15) is 0 Å². The predicted molar refractivity (Wildman–Crippen MR) is 69.2 cm³/mol. The Bertz CT molecular complexity index is 532. The fourth-order valence-electron chi connectivity index (χ4n) is 2.46. The summed E-state index contributed by atoms with van der Waals surface area (Å²) in [5, 5.41) is 11.7. The summed E-state index contributed by atoms with van der Waals surface area (Å²) in [5.74, 6) is -1.94. The molecule has 2 atom stereocenters. The van der Waals surface area contributed by atoms with Crippen molar-refractivity contribution in [2.75, 3.05) is 7.11 Å². The molecule has 0 bridgehead atoms. The number of amides is 1. The van der Waals surface area contributed by atoms with Gasteiger partial charge in [0.1, 0.15) is 11.6 Å². The summed E-state index contributed by atoms with van der Waals surface area (Å²) in [4.78, 5) is 23.0. The number of ether oxygens (including phenoxy) is 1. The minimum atomic E-state index is -0.843. The van der Waals surface area contributed by atoms with E-state index < -0.39 is 23.6 Å². The number of nitrogens with one attached hydrogen (secondary N) is 1. The van der Waals surface area contributed by atoms with E-state index in [1.165, 1.54) is 19.2 Å². The molecule has 0 radical (unpaired) electrons. The molecular formula is C14H16FNO4. The lowest BCUT2D eigenvalue weighted by atomic mass is 10.1. The van der Waals surface area contributed by atoms with Crippen molar-refractivity contribution in [3.05, 3.63) is 29.6 Å². The van der Waals surface area contributed by atoms with Crippen LogP contribution < -0.4 is 10.1 Å².